The van der Waals surface area contributed by atoms with Crippen LogP contribution in [0.2, 0.25) is 4.82 Å². The molecule has 0 radical (unpaired) electrons. The second-order valence-corrected chi connectivity index (χ2v) is 8.55. The second-order valence-electron chi connectivity index (χ2n) is 6.00. The molecule has 1 N–H and O–H groups in total. The van der Waals surface area contributed by atoms with E-state index in [9.17, 15) is 9.90 Å². The summed E-state index contributed by atoms with van der Waals surface area (Å²) in [5.41, 5.74) is 1.20. The zero-order valence-corrected chi connectivity index (χ0v) is 15.4. The molecule has 0 spiro atoms. The van der Waals surface area contributed by atoms with Gasteiger partial charge in [0.1, 0.15) is 0 Å². The van der Waals surface area contributed by atoms with Gasteiger partial charge in [-0.15, -0.1) is 0 Å². The van der Waals surface area contributed by atoms with Gasteiger partial charge in [0.25, 0.3) is 0 Å². The van der Waals surface area contributed by atoms with Crippen LogP contribution in [-0.4, -0.2) is 32.0 Å². The predicted octanol–water partition coefficient (Wildman–Crippen LogP) is 3.02. The number of benzene rings is 2. The summed E-state index contributed by atoms with van der Waals surface area (Å²) in [5, 5.41) is 10.6. The van der Waals surface area contributed by atoms with Crippen LogP contribution < -0.4 is 4.46 Å². The van der Waals surface area contributed by atoms with Gasteiger partial charge in [0.15, 0.2) is 0 Å². The summed E-state index contributed by atoms with van der Waals surface area (Å²) >= 11 is -0.0429. The molecule has 2 aromatic rings. The van der Waals surface area contributed by atoms with Crippen molar-refractivity contribution in [3.05, 3.63) is 66.2 Å². The summed E-state index contributed by atoms with van der Waals surface area (Å²) in [6.45, 7) is 3.83. The molecule has 0 aliphatic heterocycles. The average Bonchev–Trinajstić information content (AvgIpc) is 2.58. The minimum atomic E-state index is -0.578. The first kappa shape index (κ1) is 17.9. The van der Waals surface area contributed by atoms with Gasteiger partial charge in [-0.1, -0.05) is 0 Å². The fraction of sp³-hybridized carbons (Fsp3) is 0.350. The zero-order chi connectivity index (χ0) is 16.7. The van der Waals surface area contributed by atoms with Gasteiger partial charge < -0.3 is 0 Å². The molecular formula is C20H24O2Se. The molecule has 0 aliphatic rings. The van der Waals surface area contributed by atoms with Gasteiger partial charge in [0.2, 0.25) is 0 Å². The van der Waals surface area contributed by atoms with E-state index in [1.165, 1.54) is 5.56 Å². The monoisotopic (exact) mass is 376 g/mol. The summed E-state index contributed by atoms with van der Waals surface area (Å²) < 4.78 is 1.16. The van der Waals surface area contributed by atoms with E-state index in [0.717, 1.165) is 10.9 Å². The van der Waals surface area contributed by atoms with Crippen molar-refractivity contribution in [1.29, 1.82) is 0 Å². The number of carbonyl (C=O) groups is 1. The molecule has 0 fully saturated rings. The Bertz CT molecular complexity index is 596. The van der Waals surface area contributed by atoms with E-state index in [1.807, 2.05) is 62.4 Å². The third kappa shape index (κ3) is 5.62. The molecule has 2 nitrogen and oxygen atoms in total. The Morgan fingerprint density at radius 3 is 2.13 bits per heavy atom. The Labute approximate surface area is 145 Å². The minimum absolute atomic E-state index is 0.0429. The molecule has 0 amide bonds. The van der Waals surface area contributed by atoms with Crippen LogP contribution in [0.3, 0.4) is 0 Å². The molecule has 3 heteroatoms. The number of aliphatic hydroxyl groups excluding tert-OH is 1. The van der Waals surface area contributed by atoms with Crippen molar-refractivity contribution in [2.75, 3.05) is 0 Å². The Kier molecular flexibility index (Phi) is 7.04. The van der Waals surface area contributed by atoms with Gasteiger partial charge in [-0.25, -0.2) is 0 Å². The standard InChI is InChI=1S/C20H24O2Se/c1-15(2)19(22)20(23-17-11-7-4-8-12-17)18(21)14-13-16-9-5-3-6-10-16/h3-12,15,18,20-21H,13-14H2,1-2H3/t18-,20+/m1/s1. The quantitative estimate of drug-likeness (QED) is 0.721. The summed E-state index contributed by atoms with van der Waals surface area (Å²) in [7, 11) is 0. The first-order chi connectivity index (χ1) is 11.1. The van der Waals surface area contributed by atoms with E-state index >= 15 is 0 Å². The number of aryl methyl sites for hydroxylation is 1. The van der Waals surface area contributed by atoms with Crippen molar-refractivity contribution in [2.24, 2.45) is 5.92 Å². The number of Topliss-reactive ketones (excluding diaryl/α,β-unsaturated/α-hetero) is 1. The van der Waals surface area contributed by atoms with E-state index in [4.69, 9.17) is 0 Å². The van der Waals surface area contributed by atoms with Crippen LogP contribution in [0.5, 0.6) is 0 Å². The van der Waals surface area contributed by atoms with Gasteiger partial charge in [-0.2, -0.15) is 0 Å². The third-order valence-electron chi connectivity index (χ3n) is 3.78. The molecule has 2 rings (SSSR count). The number of hydrogen-bond acceptors (Lipinski definition) is 2. The fourth-order valence-electron chi connectivity index (χ4n) is 2.41. The molecule has 0 heterocycles. The van der Waals surface area contributed by atoms with Gasteiger partial charge in [0.05, 0.1) is 0 Å². The van der Waals surface area contributed by atoms with E-state index in [2.05, 4.69) is 12.1 Å². The van der Waals surface area contributed by atoms with Crippen molar-refractivity contribution in [3.8, 4) is 0 Å². The Morgan fingerprint density at radius 1 is 1.00 bits per heavy atom. The molecule has 0 unspecified atom stereocenters. The first-order valence-electron chi connectivity index (χ1n) is 8.05. The molecule has 2 aromatic carbocycles. The van der Waals surface area contributed by atoms with E-state index in [1.54, 1.807) is 0 Å². The second kappa shape index (κ2) is 9.02. The Balaban J connectivity index is 2.05. The van der Waals surface area contributed by atoms with Crippen LogP contribution in [0.25, 0.3) is 0 Å². The number of carbonyl (C=O) groups excluding carboxylic acids is 1. The molecule has 0 saturated carbocycles. The van der Waals surface area contributed by atoms with Crippen LogP contribution in [0, 0.1) is 5.92 Å². The number of hydrogen-bond donors (Lipinski definition) is 1. The molecule has 0 aromatic heterocycles. The topological polar surface area (TPSA) is 37.3 Å². The SMILES string of the molecule is CC(C)C(=O)[C@@H]([Se]c1ccccc1)[C@H](O)CCc1ccccc1. The van der Waals surface area contributed by atoms with Gasteiger partial charge >= 0.3 is 145 Å². The summed E-state index contributed by atoms with van der Waals surface area (Å²) in [5.74, 6) is 0.131. The van der Waals surface area contributed by atoms with E-state index < -0.39 is 6.10 Å². The average molecular weight is 375 g/mol. The Morgan fingerprint density at radius 2 is 1.57 bits per heavy atom. The van der Waals surface area contributed by atoms with Gasteiger partial charge in [0, 0.05) is 0 Å². The maximum atomic E-state index is 12.6. The van der Waals surface area contributed by atoms with Crippen molar-refractivity contribution >= 4 is 25.2 Å². The van der Waals surface area contributed by atoms with Crippen LogP contribution in [0.1, 0.15) is 25.8 Å². The van der Waals surface area contributed by atoms with Crippen LogP contribution in [-0.2, 0) is 11.2 Å². The van der Waals surface area contributed by atoms with Crippen molar-refractivity contribution in [3.63, 3.8) is 0 Å². The third-order valence-corrected chi connectivity index (χ3v) is 6.60. The van der Waals surface area contributed by atoms with Gasteiger partial charge in [-0.3, -0.25) is 0 Å². The summed E-state index contributed by atoms with van der Waals surface area (Å²) in [6, 6.07) is 20.2. The van der Waals surface area contributed by atoms with Crippen LogP contribution >= 0.6 is 0 Å². The molecular weight excluding hydrogens is 351 g/mol. The summed E-state index contributed by atoms with van der Waals surface area (Å²) in [6.07, 6.45) is 0.849. The van der Waals surface area contributed by atoms with Crippen LogP contribution in [0.15, 0.2) is 60.7 Å². The molecule has 2 atom stereocenters. The van der Waals surface area contributed by atoms with E-state index in [-0.39, 0.29) is 31.5 Å². The number of aliphatic hydroxyl groups is 1. The van der Waals surface area contributed by atoms with Crippen molar-refractivity contribution in [2.45, 2.75) is 37.6 Å². The normalized spacial score (nSPS) is 13.7. The first-order valence-corrected chi connectivity index (χ1v) is 9.90. The molecule has 0 saturated heterocycles. The van der Waals surface area contributed by atoms with Crippen LogP contribution in [0.4, 0.5) is 0 Å². The van der Waals surface area contributed by atoms with E-state index in [0.29, 0.717) is 6.42 Å². The predicted molar refractivity (Wildman–Crippen MR) is 96.2 cm³/mol. The molecule has 122 valence electrons. The molecule has 0 aliphatic carbocycles. The van der Waals surface area contributed by atoms with Crippen molar-refractivity contribution < 1.29 is 9.90 Å². The molecule has 23 heavy (non-hydrogen) atoms. The summed E-state index contributed by atoms with van der Waals surface area (Å²) in [4.78, 5) is 12.3. The van der Waals surface area contributed by atoms with Gasteiger partial charge in [-0.05, 0) is 0 Å². The van der Waals surface area contributed by atoms with Crippen molar-refractivity contribution in [1.82, 2.24) is 0 Å². The Hall–Kier alpha value is -1.41. The fourth-order valence-corrected chi connectivity index (χ4v) is 5.12. The number of ketones is 1. The maximum absolute atomic E-state index is 12.6. The molecule has 0 bridgehead atoms. The number of rotatable bonds is 8. The zero-order valence-electron chi connectivity index (χ0n) is 13.7.